The molecule has 0 atom stereocenters. The third-order valence-electron chi connectivity index (χ3n) is 4.66. The number of hydrogen-bond acceptors (Lipinski definition) is 5. The Kier molecular flexibility index (Phi) is 7.28. The Balaban J connectivity index is 1.38. The molecule has 9 heteroatoms. The Hall–Kier alpha value is -2.65. The van der Waals surface area contributed by atoms with E-state index in [1.165, 1.54) is 30.3 Å². The molecular formula is C21H25FN2O5S. The molecule has 2 aromatic carbocycles. The van der Waals surface area contributed by atoms with Crippen molar-refractivity contribution in [3.8, 4) is 11.5 Å². The van der Waals surface area contributed by atoms with Crippen LogP contribution in [0.3, 0.4) is 0 Å². The van der Waals surface area contributed by atoms with Crippen molar-refractivity contribution < 1.29 is 27.1 Å². The molecule has 1 aliphatic heterocycles. The molecule has 2 aromatic rings. The SMILES string of the molecule is Cc1cc(F)ccc1NC(=O)CCCCCNS(=O)(=O)c1ccc2c(c1)OCCO2. The third-order valence-corrected chi connectivity index (χ3v) is 6.12. The number of unbranched alkanes of at least 4 members (excludes halogenated alkanes) is 2. The number of halogens is 1. The fourth-order valence-electron chi connectivity index (χ4n) is 3.05. The first-order chi connectivity index (χ1) is 14.3. The number of fused-ring (bicyclic) bond motifs is 1. The lowest BCUT2D eigenvalue weighted by atomic mass is 10.1. The van der Waals surface area contributed by atoms with Gasteiger partial charge in [0, 0.05) is 24.7 Å². The lowest BCUT2D eigenvalue weighted by Crippen LogP contribution is -2.25. The van der Waals surface area contributed by atoms with Crippen LogP contribution in [-0.4, -0.2) is 34.1 Å². The fourth-order valence-corrected chi connectivity index (χ4v) is 4.14. The van der Waals surface area contributed by atoms with Crippen LogP contribution in [0.15, 0.2) is 41.3 Å². The van der Waals surface area contributed by atoms with Crippen molar-refractivity contribution in [3.05, 3.63) is 47.8 Å². The van der Waals surface area contributed by atoms with Gasteiger partial charge in [-0.2, -0.15) is 0 Å². The number of amides is 1. The standard InChI is InChI=1S/C21H25FN2O5S/c1-15-13-16(22)6-8-18(15)24-21(25)5-3-2-4-10-23-30(26,27)17-7-9-19-20(14-17)29-12-11-28-19/h6-9,13-14,23H,2-5,10-12H2,1H3,(H,24,25). The second kappa shape index (κ2) is 9.90. The number of carbonyl (C=O) groups excluding carboxylic acids is 1. The smallest absolute Gasteiger partial charge is 0.240 e. The van der Waals surface area contributed by atoms with Crippen LogP contribution in [0.4, 0.5) is 10.1 Å². The number of anilines is 1. The number of aryl methyl sites for hydroxylation is 1. The summed E-state index contributed by atoms with van der Waals surface area (Å²) in [6, 6.07) is 8.73. The number of ether oxygens (including phenoxy) is 2. The summed E-state index contributed by atoms with van der Waals surface area (Å²) in [7, 11) is -3.64. The molecule has 1 amide bonds. The van der Waals surface area contributed by atoms with Crippen molar-refractivity contribution in [2.24, 2.45) is 0 Å². The molecule has 7 nitrogen and oxygen atoms in total. The summed E-state index contributed by atoms with van der Waals surface area (Å²) < 4.78 is 51.3. The van der Waals surface area contributed by atoms with Gasteiger partial charge < -0.3 is 14.8 Å². The van der Waals surface area contributed by atoms with E-state index >= 15 is 0 Å². The van der Waals surface area contributed by atoms with Crippen LogP contribution in [0.25, 0.3) is 0 Å². The van der Waals surface area contributed by atoms with Crippen molar-refractivity contribution in [2.75, 3.05) is 25.1 Å². The zero-order chi connectivity index (χ0) is 21.6. The molecule has 0 aromatic heterocycles. The number of hydrogen-bond donors (Lipinski definition) is 2. The van der Waals surface area contributed by atoms with E-state index in [9.17, 15) is 17.6 Å². The van der Waals surface area contributed by atoms with Crippen molar-refractivity contribution in [2.45, 2.75) is 37.5 Å². The maximum Gasteiger partial charge on any atom is 0.240 e. The van der Waals surface area contributed by atoms with E-state index in [0.717, 1.165) is 0 Å². The molecule has 3 rings (SSSR count). The predicted molar refractivity (Wildman–Crippen MR) is 111 cm³/mol. The second-order valence-corrected chi connectivity index (χ2v) is 8.79. The summed E-state index contributed by atoms with van der Waals surface area (Å²) in [4.78, 5) is 12.1. The van der Waals surface area contributed by atoms with Gasteiger partial charge in [0.05, 0.1) is 4.90 Å². The van der Waals surface area contributed by atoms with Crippen LogP contribution in [0.2, 0.25) is 0 Å². The van der Waals surface area contributed by atoms with E-state index in [1.54, 1.807) is 13.0 Å². The number of benzene rings is 2. The molecule has 1 aliphatic rings. The van der Waals surface area contributed by atoms with Crippen LogP contribution in [-0.2, 0) is 14.8 Å². The average Bonchev–Trinajstić information content (AvgIpc) is 2.72. The molecular weight excluding hydrogens is 411 g/mol. The lowest BCUT2D eigenvalue weighted by Gasteiger charge is -2.18. The van der Waals surface area contributed by atoms with E-state index in [2.05, 4.69) is 10.0 Å². The van der Waals surface area contributed by atoms with Gasteiger partial charge in [-0.1, -0.05) is 6.42 Å². The molecule has 0 fully saturated rings. The van der Waals surface area contributed by atoms with Gasteiger partial charge in [0.15, 0.2) is 11.5 Å². The first-order valence-corrected chi connectivity index (χ1v) is 11.3. The summed E-state index contributed by atoms with van der Waals surface area (Å²) in [5.74, 6) is 0.464. The van der Waals surface area contributed by atoms with Gasteiger partial charge in [0.25, 0.3) is 0 Å². The normalized spacial score (nSPS) is 13.1. The summed E-state index contributed by atoms with van der Waals surface area (Å²) in [5.41, 5.74) is 1.26. The first kappa shape index (κ1) is 22.0. The summed E-state index contributed by atoms with van der Waals surface area (Å²) in [6.07, 6.45) is 2.23. The summed E-state index contributed by atoms with van der Waals surface area (Å²) >= 11 is 0. The number of nitrogens with one attached hydrogen (secondary N) is 2. The van der Waals surface area contributed by atoms with Crippen LogP contribution in [0.1, 0.15) is 31.2 Å². The summed E-state index contributed by atoms with van der Waals surface area (Å²) in [6.45, 7) is 2.83. The zero-order valence-electron chi connectivity index (χ0n) is 16.7. The van der Waals surface area contributed by atoms with E-state index in [0.29, 0.717) is 61.6 Å². The van der Waals surface area contributed by atoms with Crippen LogP contribution >= 0.6 is 0 Å². The molecule has 0 saturated carbocycles. The largest absolute Gasteiger partial charge is 0.486 e. The molecule has 0 unspecified atom stereocenters. The van der Waals surface area contributed by atoms with Crippen LogP contribution in [0.5, 0.6) is 11.5 Å². The maximum absolute atomic E-state index is 13.1. The second-order valence-electron chi connectivity index (χ2n) is 7.02. The van der Waals surface area contributed by atoms with Crippen molar-refractivity contribution in [1.29, 1.82) is 0 Å². The van der Waals surface area contributed by atoms with E-state index in [-0.39, 0.29) is 23.2 Å². The molecule has 30 heavy (non-hydrogen) atoms. The van der Waals surface area contributed by atoms with E-state index in [4.69, 9.17) is 9.47 Å². The van der Waals surface area contributed by atoms with Crippen molar-refractivity contribution >= 4 is 21.6 Å². The van der Waals surface area contributed by atoms with Gasteiger partial charge in [-0.15, -0.1) is 0 Å². The highest BCUT2D eigenvalue weighted by Gasteiger charge is 2.18. The third kappa shape index (κ3) is 5.93. The Labute approximate surface area is 175 Å². The van der Waals surface area contributed by atoms with E-state index < -0.39 is 10.0 Å². The lowest BCUT2D eigenvalue weighted by molar-refractivity contribution is -0.116. The number of rotatable bonds is 9. The van der Waals surface area contributed by atoms with Crippen molar-refractivity contribution in [3.63, 3.8) is 0 Å². The van der Waals surface area contributed by atoms with Gasteiger partial charge in [0.2, 0.25) is 15.9 Å². The number of sulfonamides is 1. The fraction of sp³-hybridized carbons (Fsp3) is 0.381. The molecule has 162 valence electrons. The summed E-state index contributed by atoms with van der Waals surface area (Å²) in [5, 5.41) is 2.76. The minimum Gasteiger partial charge on any atom is -0.486 e. The highest BCUT2D eigenvalue weighted by molar-refractivity contribution is 7.89. The molecule has 0 radical (unpaired) electrons. The van der Waals surface area contributed by atoms with Crippen LogP contribution < -0.4 is 19.5 Å². The topological polar surface area (TPSA) is 93.7 Å². The highest BCUT2D eigenvalue weighted by atomic mass is 32.2. The van der Waals surface area contributed by atoms with Gasteiger partial charge >= 0.3 is 0 Å². The van der Waals surface area contributed by atoms with Crippen molar-refractivity contribution in [1.82, 2.24) is 4.72 Å². The van der Waals surface area contributed by atoms with Gasteiger partial charge in [-0.05, 0) is 55.7 Å². The molecule has 1 heterocycles. The quantitative estimate of drug-likeness (QED) is 0.588. The van der Waals surface area contributed by atoms with Gasteiger partial charge in [-0.3, -0.25) is 4.79 Å². The Morgan fingerprint density at radius 3 is 2.57 bits per heavy atom. The Bertz CT molecular complexity index is 1010. The molecule has 2 N–H and O–H groups in total. The monoisotopic (exact) mass is 436 g/mol. The van der Waals surface area contributed by atoms with E-state index in [1.807, 2.05) is 0 Å². The van der Waals surface area contributed by atoms with Gasteiger partial charge in [0.1, 0.15) is 19.0 Å². The minimum absolute atomic E-state index is 0.126. The van der Waals surface area contributed by atoms with Gasteiger partial charge in [-0.25, -0.2) is 17.5 Å². The number of carbonyl (C=O) groups is 1. The average molecular weight is 437 g/mol. The predicted octanol–water partition coefficient (Wildman–Crippen LogP) is 3.38. The Morgan fingerprint density at radius 2 is 1.80 bits per heavy atom. The highest BCUT2D eigenvalue weighted by Crippen LogP contribution is 2.32. The molecule has 0 bridgehead atoms. The minimum atomic E-state index is -3.64. The Morgan fingerprint density at radius 1 is 1.03 bits per heavy atom. The zero-order valence-corrected chi connectivity index (χ0v) is 17.6. The molecule has 0 saturated heterocycles. The van der Waals surface area contributed by atoms with Crippen LogP contribution in [0, 0.1) is 12.7 Å². The molecule has 0 aliphatic carbocycles. The first-order valence-electron chi connectivity index (χ1n) is 9.80. The molecule has 0 spiro atoms. The maximum atomic E-state index is 13.1.